The number of aromatic nitrogens is 2. The van der Waals surface area contributed by atoms with Crippen molar-refractivity contribution in [1.82, 2.24) is 14.7 Å². The summed E-state index contributed by atoms with van der Waals surface area (Å²) in [5.74, 6) is -1.48. The fourth-order valence-electron chi connectivity index (χ4n) is 2.53. The van der Waals surface area contributed by atoms with Crippen molar-refractivity contribution in [2.75, 3.05) is 0 Å². The van der Waals surface area contributed by atoms with Gasteiger partial charge in [-0.15, -0.1) is 0 Å². The van der Waals surface area contributed by atoms with Gasteiger partial charge in [0.25, 0.3) is 0 Å². The summed E-state index contributed by atoms with van der Waals surface area (Å²) < 4.78 is 1.83. The van der Waals surface area contributed by atoms with Gasteiger partial charge in [0.05, 0.1) is 12.1 Å². The average molecular weight is 323 g/mol. The van der Waals surface area contributed by atoms with E-state index < -0.39 is 12.0 Å². The van der Waals surface area contributed by atoms with E-state index in [1.807, 2.05) is 29.7 Å². The molecule has 6 nitrogen and oxygen atoms in total. The maximum Gasteiger partial charge on any atom is 0.330 e. The first-order valence-electron chi connectivity index (χ1n) is 7.54. The highest BCUT2D eigenvalue weighted by molar-refractivity contribution is 5.85. The zero-order valence-electron chi connectivity index (χ0n) is 13.1. The number of fused-ring (bicyclic) bond motifs is 1. The molecule has 122 valence electrons. The Morgan fingerprint density at radius 1 is 1.25 bits per heavy atom. The zero-order valence-corrected chi connectivity index (χ0v) is 13.1. The predicted molar refractivity (Wildman–Crippen MR) is 88.6 cm³/mol. The highest BCUT2D eigenvalue weighted by atomic mass is 16.4. The molecule has 0 bridgehead atoms. The number of nitrogens with one attached hydrogen (secondary N) is 1. The summed E-state index contributed by atoms with van der Waals surface area (Å²) in [6.07, 6.45) is 3.67. The van der Waals surface area contributed by atoms with Crippen LogP contribution in [0, 0.1) is 6.92 Å². The molecule has 1 aromatic carbocycles. The molecule has 0 aliphatic heterocycles. The molecule has 0 saturated heterocycles. The van der Waals surface area contributed by atoms with Crippen LogP contribution in [-0.2, 0) is 16.0 Å². The largest absolute Gasteiger partial charge is 0.479 e. The molecule has 3 rings (SSSR count). The number of imidazole rings is 1. The van der Waals surface area contributed by atoms with Crippen LogP contribution in [0.5, 0.6) is 0 Å². The Morgan fingerprint density at radius 3 is 2.71 bits per heavy atom. The molecular formula is C18H17N3O3. The predicted octanol–water partition coefficient (Wildman–Crippen LogP) is 2.13. The highest BCUT2D eigenvalue weighted by Crippen LogP contribution is 2.13. The number of pyridine rings is 1. The Labute approximate surface area is 138 Å². The summed E-state index contributed by atoms with van der Waals surface area (Å²) in [5.41, 5.74) is 2.97. The lowest BCUT2D eigenvalue weighted by atomic mass is 10.1. The topological polar surface area (TPSA) is 83.7 Å². The second-order valence-electron chi connectivity index (χ2n) is 5.63. The van der Waals surface area contributed by atoms with Crippen molar-refractivity contribution in [3.05, 3.63) is 71.7 Å². The number of aliphatic carboxylic acids is 1. The lowest BCUT2D eigenvalue weighted by Crippen LogP contribution is -2.34. The molecule has 2 N–H and O–H groups in total. The first-order valence-corrected chi connectivity index (χ1v) is 7.54. The number of carbonyl (C=O) groups is 2. The number of hydrogen-bond acceptors (Lipinski definition) is 3. The van der Waals surface area contributed by atoms with Gasteiger partial charge in [-0.05, 0) is 30.2 Å². The van der Waals surface area contributed by atoms with Gasteiger partial charge < -0.3 is 14.8 Å². The third kappa shape index (κ3) is 3.43. The van der Waals surface area contributed by atoms with Crippen molar-refractivity contribution in [1.29, 1.82) is 0 Å². The number of hydrogen-bond donors (Lipinski definition) is 2. The van der Waals surface area contributed by atoms with Crippen molar-refractivity contribution in [3.8, 4) is 0 Å². The van der Waals surface area contributed by atoms with Gasteiger partial charge in [0.1, 0.15) is 5.65 Å². The highest BCUT2D eigenvalue weighted by Gasteiger charge is 2.22. The van der Waals surface area contributed by atoms with Crippen LogP contribution in [0.3, 0.4) is 0 Å². The van der Waals surface area contributed by atoms with E-state index in [-0.39, 0.29) is 12.3 Å². The van der Waals surface area contributed by atoms with Gasteiger partial charge in [0, 0.05) is 12.4 Å². The number of rotatable bonds is 5. The monoisotopic (exact) mass is 323 g/mol. The fraction of sp³-hybridized carbons (Fsp3) is 0.167. The second-order valence-corrected chi connectivity index (χ2v) is 5.63. The summed E-state index contributed by atoms with van der Waals surface area (Å²) in [5, 5.41) is 11.9. The lowest BCUT2D eigenvalue weighted by molar-refractivity contribution is -0.142. The Kier molecular flexibility index (Phi) is 4.29. The van der Waals surface area contributed by atoms with Crippen LogP contribution in [0.15, 0.2) is 54.9 Å². The molecule has 3 aromatic rings. The van der Waals surface area contributed by atoms with E-state index in [1.54, 1.807) is 36.5 Å². The van der Waals surface area contributed by atoms with Gasteiger partial charge in [-0.2, -0.15) is 0 Å². The fourth-order valence-corrected chi connectivity index (χ4v) is 2.53. The third-order valence-corrected chi connectivity index (χ3v) is 3.69. The first-order chi connectivity index (χ1) is 11.5. The number of carboxylic acid groups (broad SMARTS) is 1. The average Bonchev–Trinajstić information content (AvgIpc) is 2.94. The molecule has 0 fully saturated rings. The molecule has 1 amide bonds. The molecular weight excluding hydrogens is 306 g/mol. The van der Waals surface area contributed by atoms with E-state index in [0.29, 0.717) is 11.3 Å². The Balaban J connectivity index is 1.74. The van der Waals surface area contributed by atoms with Gasteiger partial charge in [-0.25, -0.2) is 9.78 Å². The molecule has 1 unspecified atom stereocenters. The van der Waals surface area contributed by atoms with Crippen LogP contribution in [0.25, 0.3) is 5.65 Å². The Morgan fingerprint density at radius 2 is 2.00 bits per heavy atom. The minimum absolute atomic E-state index is 0.0251. The van der Waals surface area contributed by atoms with Gasteiger partial charge in [0.15, 0.2) is 6.04 Å². The van der Waals surface area contributed by atoms with E-state index >= 15 is 0 Å². The molecule has 2 heterocycles. The van der Waals surface area contributed by atoms with E-state index in [0.717, 1.165) is 11.2 Å². The quantitative estimate of drug-likeness (QED) is 0.753. The number of benzene rings is 1. The van der Waals surface area contributed by atoms with E-state index in [2.05, 4.69) is 10.3 Å². The number of amides is 1. The van der Waals surface area contributed by atoms with Crippen LogP contribution in [-0.4, -0.2) is 26.4 Å². The van der Waals surface area contributed by atoms with Crippen LogP contribution >= 0.6 is 0 Å². The molecule has 2 aromatic heterocycles. The zero-order chi connectivity index (χ0) is 17.1. The van der Waals surface area contributed by atoms with Gasteiger partial charge in [-0.1, -0.05) is 30.3 Å². The molecule has 0 saturated carbocycles. The minimum atomic E-state index is -1.10. The summed E-state index contributed by atoms with van der Waals surface area (Å²) in [6.45, 7) is 1.97. The number of aryl methyl sites for hydroxylation is 1. The van der Waals surface area contributed by atoms with Crippen molar-refractivity contribution in [2.24, 2.45) is 0 Å². The van der Waals surface area contributed by atoms with Crippen molar-refractivity contribution < 1.29 is 14.7 Å². The van der Waals surface area contributed by atoms with Gasteiger partial charge in [-0.3, -0.25) is 4.79 Å². The Hall–Kier alpha value is -3.15. The molecule has 0 radical (unpaired) electrons. The summed E-state index contributed by atoms with van der Waals surface area (Å²) in [7, 11) is 0. The molecule has 1 atom stereocenters. The van der Waals surface area contributed by atoms with Crippen LogP contribution in [0.4, 0.5) is 0 Å². The molecule has 0 aliphatic carbocycles. The number of nitrogens with zero attached hydrogens (tertiary/aromatic N) is 2. The SMILES string of the molecule is Cc1ccn2cc(CC(=O)NC(C(=O)O)c3ccccc3)nc2c1. The first kappa shape index (κ1) is 15.7. The van der Waals surface area contributed by atoms with Crippen LogP contribution < -0.4 is 5.32 Å². The lowest BCUT2D eigenvalue weighted by Gasteiger charge is -2.14. The molecule has 6 heteroatoms. The van der Waals surface area contributed by atoms with E-state index in [1.165, 1.54) is 0 Å². The molecule has 0 aliphatic rings. The number of carbonyl (C=O) groups excluding carboxylic acids is 1. The standard InChI is InChI=1S/C18H17N3O3/c1-12-7-8-21-11-14(19-15(21)9-12)10-16(22)20-17(18(23)24)13-5-3-2-4-6-13/h2-9,11,17H,10H2,1H3,(H,20,22)(H,23,24). The Bertz CT molecular complexity index is 887. The smallest absolute Gasteiger partial charge is 0.330 e. The molecule has 0 spiro atoms. The maximum atomic E-state index is 12.2. The summed E-state index contributed by atoms with van der Waals surface area (Å²) in [4.78, 5) is 28.0. The van der Waals surface area contributed by atoms with E-state index in [4.69, 9.17) is 0 Å². The normalized spacial score (nSPS) is 12.0. The maximum absolute atomic E-state index is 12.2. The molecule has 24 heavy (non-hydrogen) atoms. The summed E-state index contributed by atoms with van der Waals surface area (Å²) in [6, 6.07) is 11.4. The minimum Gasteiger partial charge on any atom is -0.479 e. The van der Waals surface area contributed by atoms with Crippen molar-refractivity contribution >= 4 is 17.5 Å². The number of carboxylic acids is 1. The van der Waals surface area contributed by atoms with Crippen molar-refractivity contribution in [2.45, 2.75) is 19.4 Å². The second kappa shape index (κ2) is 6.54. The third-order valence-electron chi connectivity index (χ3n) is 3.69. The van der Waals surface area contributed by atoms with Crippen LogP contribution in [0.2, 0.25) is 0 Å². The van der Waals surface area contributed by atoms with Gasteiger partial charge >= 0.3 is 5.97 Å². The van der Waals surface area contributed by atoms with Crippen molar-refractivity contribution in [3.63, 3.8) is 0 Å². The van der Waals surface area contributed by atoms with Crippen LogP contribution in [0.1, 0.15) is 22.9 Å². The van der Waals surface area contributed by atoms with E-state index in [9.17, 15) is 14.7 Å². The summed E-state index contributed by atoms with van der Waals surface area (Å²) >= 11 is 0. The van der Waals surface area contributed by atoms with Gasteiger partial charge in [0.2, 0.25) is 5.91 Å².